The molecule has 2 aromatic carbocycles. The topological polar surface area (TPSA) is 3.24 Å². The van der Waals surface area contributed by atoms with E-state index < -0.39 is 9.83 Å². The molecule has 1 unspecified atom stereocenters. The van der Waals surface area contributed by atoms with Crippen LogP contribution in [0.4, 0.5) is 5.69 Å². The van der Waals surface area contributed by atoms with Gasteiger partial charge < -0.3 is 4.90 Å². The Bertz CT molecular complexity index is 602. The van der Waals surface area contributed by atoms with Crippen LogP contribution < -0.4 is 4.90 Å². The van der Waals surface area contributed by atoms with Crippen LogP contribution in [0.5, 0.6) is 0 Å². The third-order valence-electron chi connectivity index (χ3n) is 3.43. The molecule has 2 aromatic rings. The molecule has 1 atom stereocenters. The zero-order chi connectivity index (χ0) is 16.2. The maximum absolute atomic E-state index is 6.31. The molecule has 0 aliphatic carbocycles. The van der Waals surface area contributed by atoms with E-state index in [0.717, 1.165) is 11.3 Å². The summed E-state index contributed by atoms with van der Waals surface area (Å²) in [5, 5.41) is 0. The van der Waals surface area contributed by atoms with Crippen molar-refractivity contribution in [2.75, 3.05) is 11.4 Å². The second-order valence-electron chi connectivity index (χ2n) is 5.13. The molecule has 0 radical (unpaired) electrons. The van der Waals surface area contributed by atoms with Crippen LogP contribution in [-0.2, 0) is 0 Å². The van der Waals surface area contributed by atoms with Crippen molar-refractivity contribution in [3.8, 4) is 0 Å². The predicted octanol–water partition coefficient (Wildman–Crippen LogP) is 6.10. The summed E-state index contributed by atoms with van der Waals surface area (Å²) in [4.78, 5) is 2.05. The van der Waals surface area contributed by atoms with Gasteiger partial charge in [-0.25, -0.2) is 0 Å². The van der Waals surface area contributed by atoms with E-state index in [1.165, 1.54) is 5.56 Å². The van der Waals surface area contributed by atoms with Crippen molar-refractivity contribution < 1.29 is 0 Å². The Balaban J connectivity index is 2.50. The van der Waals surface area contributed by atoms with E-state index in [2.05, 4.69) is 6.58 Å². The summed E-state index contributed by atoms with van der Waals surface area (Å²) in [5.74, 6) is 0. The fraction of sp³-hybridized carbons (Fsp3) is 0.222. The molecule has 0 aromatic heterocycles. The Hall–Kier alpha value is -1.15. The fourth-order valence-corrected chi connectivity index (χ4v) is 3.14. The molecule has 116 valence electrons. The molecule has 0 fully saturated rings. The average molecular weight is 355 g/mol. The molecule has 0 aliphatic rings. The minimum atomic E-state index is -1.46. The number of alkyl halides is 3. The van der Waals surface area contributed by atoms with Gasteiger partial charge in [-0.05, 0) is 24.6 Å². The largest absolute Gasteiger partial charge is 0.356 e. The number of hydrogen-bond donors (Lipinski definition) is 0. The molecule has 0 aliphatic heterocycles. The second kappa shape index (κ2) is 7.41. The van der Waals surface area contributed by atoms with E-state index in [1.54, 1.807) is 0 Å². The lowest BCUT2D eigenvalue weighted by Crippen LogP contribution is -2.37. The Labute approximate surface area is 147 Å². The maximum atomic E-state index is 6.31. The van der Waals surface area contributed by atoms with Crippen LogP contribution in [0.1, 0.15) is 17.2 Å². The first-order valence-electron chi connectivity index (χ1n) is 6.99. The minimum Gasteiger partial charge on any atom is -0.356 e. The Morgan fingerprint density at radius 3 is 2.14 bits per heavy atom. The Morgan fingerprint density at radius 2 is 1.64 bits per heavy atom. The van der Waals surface area contributed by atoms with Gasteiger partial charge in [-0.1, -0.05) is 88.9 Å². The van der Waals surface area contributed by atoms with Crippen molar-refractivity contribution in [1.29, 1.82) is 0 Å². The summed E-state index contributed by atoms with van der Waals surface area (Å²) in [6, 6.07) is 17.5. The SMILES string of the molecule is C=CCN(c1ccccc1)C(c1ccc(C)cc1)C(Cl)(Cl)Cl. The molecule has 1 nitrogen and oxygen atoms in total. The number of anilines is 1. The van der Waals surface area contributed by atoms with E-state index in [1.807, 2.05) is 72.5 Å². The van der Waals surface area contributed by atoms with Crippen molar-refractivity contribution in [1.82, 2.24) is 0 Å². The van der Waals surface area contributed by atoms with Gasteiger partial charge in [0.15, 0.2) is 0 Å². The molecule has 4 heteroatoms. The number of rotatable bonds is 5. The van der Waals surface area contributed by atoms with Crippen LogP contribution in [0.15, 0.2) is 67.3 Å². The molecule has 2 rings (SSSR count). The second-order valence-corrected chi connectivity index (χ2v) is 7.50. The summed E-state index contributed by atoms with van der Waals surface area (Å²) >= 11 is 18.9. The molecule has 0 saturated carbocycles. The normalized spacial score (nSPS) is 12.7. The van der Waals surface area contributed by atoms with Crippen molar-refractivity contribution in [2.24, 2.45) is 0 Å². The Kier molecular flexibility index (Phi) is 5.80. The fourth-order valence-electron chi connectivity index (χ4n) is 2.41. The van der Waals surface area contributed by atoms with Gasteiger partial charge in [0.1, 0.15) is 6.04 Å². The smallest absolute Gasteiger partial charge is 0.214 e. The van der Waals surface area contributed by atoms with Gasteiger partial charge in [0.05, 0.1) is 0 Å². The average Bonchev–Trinajstić information content (AvgIpc) is 2.48. The molecule has 0 spiro atoms. The van der Waals surface area contributed by atoms with E-state index in [9.17, 15) is 0 Å². The van der Waals surface area contributed by atoms with Gasteiger partial charge in [0.25, 0.3) is 0 Å². The van der Waals surface area contributed by atoms with E-state index in [0.29, 0.717) is 6.54 Å². The summed E-state index contributed by atoms with van der Waals surface area (Å²) in [5.41, 5.74) is 3.11. The number of halogens is 3. The molecular formula is C18H18Cl3N. The van der Waals surface area contributed by atoms with Crippen LogP contribution in [-0.4, -0.2) is 10.3 Å². The molecule has 0 N–H and O–H groups in total. The summed E-state index contributed by atoms with van der Waals surface area (Å²) in [6.07, 6.45) is 1.81. The summed E-state index contributed by atoms with van der Waals surface area (Å²) in [6.45, 7) is 6.44. The summed E-state index contributed by atoms with van der Waals surface area (Å²) < 4.78 is -1.46. The van der Waals surface area contributed by atoms with Crippen LogP contribution in [0, 0.1) is 6.92 Å². The Morgan fingerprint density at radius 1 is 1.05 bits per heavy atom. The number of hydrogen-bond acceptors (Lipinski definition) is 1. The van der Waals surface area contributed by atoms with Crippen molar-refractivity contribution >= 4 is 40.5 Å². The first kappa shape index (κ1) is 17.2. The zero-order valence-corrected chi connectivity index (χ0v) is 14.6. The highest BCUT2D eigenvalue weighted by molar-refractivity contribution is 6.68. The van der Waals surface area contributed by atoms with Crippen LogP contribution >= 0.6 is 34.8 Å². The molecule has 0 bridgehead atoms. The van der Waals surface area contributed by atoms with Crippen LogP contribution in [0.2, 0.25) is 0 Å². The lowest BCUT2D eigenvalue weighted by atomic mass is 10.0. The lowest BCUT2D eigenvalue weighted by molar-refractivity contribution is 0.661. The first-order chi connectivity index (χ1) is 10.4. The zero-order valence-electron chi connectivity index (χ0n) is 12.3. The van der Waals surface area contributed by atoms with Gasteiger partial charge in [-0.15, -0.1) is 6.58 Å². The standard InChI is InChI=1S/C18H18Cl3N/c1-3-13-22(16-7-5-4-6-8-16)17(18(19,20)21)15-11-9-14(2)10-12-15/h3-12,17H,1,13H2,2H3. The van der Waals surface area contributed by atoms with Crippen molar-refractivity contribution in [2.45, 2.75) is 16.8 Å². The van der Waals surface area contributed by atoms with Gasteiger partial charge in [0.2, 0.25) is 3.79 Å². The van der Waals surface area contributed by atoms with Gasteiger partial charge >= 0.3 is 0 Å². The number of aryl methyl sites for hydroxylation is 1. The lowest BCUT2D eigenvalue weighted by Gasteiger charge is -2.37. The minimum absolute atomic E-state index is 0.404. The quantitative estimate of drug-likeness (QED) is 0.463. The molecule has 22 heavy (non-hydrogen) atoms. The third-order valence-corrected chi connectivity index (χ3v) is 4.05. The van der Waals surface area contributed by atoms with E-state index in [-0.39, 0.29) is 0 Å². The van der Waals surface area contributed by atoms with Crippen molar-refractivity contribution in [3.63, 3.8) is 0 Å². The van der Waals surface area contributed by atoms with E-state index in [4.69, 9.17) is 34.8 Å². The van der Waals surface area contributed by atoms with E-state index >= 15 is 0 Å². The molecule has 0 heterocycles. The maximum Gasteiger partial charge on any atom is 0.214 e. The van der Waals surface area contributed by atoms with Gasteiger partial charge in [-0.3, -0.25) is 0 Å². The third kappa shape index (κ3) is 4.19. The summed E-state index contributed by atoms with van der Waals surface area (Å²) in [7, 11) is 0. The van der Waals surface area contributed by atoms with Crippen LogP contribution in [0.25, 0.3) is 0 Å². The highest BCUT2D eigenvalue weighted by Crippen LogP contribution is 2.45. The highest BCUT2D eigenvalue weighted by atomic mass is 35.6. The number of benzene rings is 2. The molecule has 0 saturated heterocycles. The van der Waals surface area contributed by atoms with Crippen LogP contribution in [0.3, 0.4) is 0 Å². The van der Waals surface area contributed by atoms with Gasteiger partial charge in [-0.2, -0.15) is 0 Å². The van der Waals surface area contributed by atoms with Crippen molar-refractivity contribution in [3.05, 3.63) is 78.4 Å². The first-order valence-corrected chi connectivity index (χ1v) is 8.12. The number of nitrogens with zero attached hydrogens (tertiary/aromatic N) is 1. The highest BCUT2D eigenvalue weighted by Gasteiger charge is 2.38. The van der Waals surface area contributed by atoms with Gasteiger partial charge in [0, 0.05) is 12.2 Å². The monoisotopic (exact) mass is 353 g/mol. The predicted molar refractivity (Wildman–Crippen MR) is 98.2 cm³/mol. The molecular weight excluding hydrogens is 337 g/mol. The number of para-hydroxylation sites is 1. The molecule has 0 amide bonds.